The number of aryl methyl sites for hydroxylation is 1. The summed E-state index contributed by atoms with van der Waals surface area (Å²) in [5.74, 6) is -0.263. The third-order valence-corrected chi connectivity index (χ3v) is 3.25. The van der Waals surface area contributed by atoms with E-state index in [4.69, 9.17) is 29.6 Å². The Labute approximate surface area is 121 Å². The van der Waals surface area contributed by atoms with Gasteiger partial charge in [0.1, 0.15) is 10.8 Å². The first-order valence-electron chi connectivity index (χ1n) is 5.60. The van der Waals surface area contributed by atoms with Crippen LogP contribution in [0.1, 0.15) is 11.1 Å². The van der Waals surface area contributed by atoms with Crippen molar-refractivity contribution in [2.45, 2.75) is 6.92 Å². The molecule has 19 heavy (non-hydrogen) atoms. The zero-order chi connectivity index (χ0) is 14.0. The number of nitrogens with two attached hydrogens (primary N) is 1. The number of rotatable bonds is 3. The quantitative estimate of drug-likeness (QED) is 0.835. The largest absolute Gasteiger partial charge is 0.389 e. The summed E-state index contributed by atoms with van der Waals surface area (Å²) in [6.07, 6.45) is 0. The molecule has 0 saturated carbocycles. The molecule has 0 aliphatic heterocycles. The maximum absolute atomic E-state index is 13.4. The molecule has 0 bridgehead atoms. The van der Waals surface area contributed by atoms with E-state index in [1.165, 1.54) is 6.07 Å². The Kier molecular flexibility index (Phi) is 4.02. The summed E-state index contributed by atoms with van der Waals surface area (Å²) < 4.78 is 13.4. The van der Waals surface area contributed by atoms with Crippen molar-refractivity contribution in [3.05, 3.63) is 58.4 Å². The Morgan fingerprint density at radius 2 is 2.00 bits per heavy atom. The highest BCUT2D eigenvalue weighted by molar-refractivity contribution is 7.80. The number of halogens is 2. The minimum absolute atomic E-state index is 0.263. The van der Waals surface area contributed by atoms with Crippen molar-refractivity contribution in [2.24, 2.45) is 5.73 Å². The smallest absolute Gasteiger partial charge is 0.128 e. The Balaban J connectivity index is 2.28. The SMILES string of the molecule is Cc1ccc(Nc2ccc(C(N)=S)cc2Cl)cc1F. The summed E-state index contributed by atoms with van der Waals surface area (Å²) in [5, 5.41) is 3.53. The van der Waals surface area contributed by atoms with Crippen LogP contribution in [-0.2, 0) is 0 Å². The molecule has 0 fully saturated rings. The van der Waals surface area contributed by atoms with Crippen molar-refractivity contribution in [1.29, 1.82) is 0 Å². The molecule has 0 spiro atoms. The second-order valence-electron chi connectivity index (χ2n) is 4.15. The highest BCUT2D eigenvalue weighted by Gasteiger charge is 2.05. The number of anilines is 2. The van der Waals surface area contributed by atoms with Gasteiger partial charge in [0, 0.05) is 11.3 Å². The van der Waals surface area contributed by atoms with Crippen LogP contribution in [0.15, 0.2) is 36.4 Å². The van der Waals surface area contributed by atoms with Crippen LogP contribution in [0.25, 0.3) is 0 Å². The lowest BCUT2D eigenvalue weighted by atomic mass is 10.2. The number of nitrogens with one attached hydrogen (secondary N) is 1. The molecule has 0 amide bonds. The maximum Gasteiger partial charge on any atom is 0.128 e. The third kappa shape index (κ3) is 3.22. The van der Waals surface area contributed by atoms with Gasteiger partial charge in [0.05, 0.1) is 10.7 Å². The van der Waals surface area contributed by atoms with Gasteiger partial charge in [-0.3, -0.25) is 0 Å². The van der Waals surface area contributed by atoms with Crippen LogP contribution in [0.2, 0.25) is 5.02 Å². The van der Waals surface area contributed by atoms with Gasteiger partial charge in [-0.15, -0.1) is 0 Å². The van der Waals surface area contributed by atoms with Crippen LogP contribution in [-0.4, -0.2) is 4.99 Å². The van der Waals surface area contributed by atoms with Crippen LogP contribution in [0.3, 0.4) is 0 Å². The van der Waals surface area contributed by atoms with Gasteiger partial charge in [-0.05, 0) is 42.8 Å². The second-order valence-corrected chi connectivity index (χ2v) is 4.99. The van der Waals surface area contributed by atoms with E-state index in [-0.39, 0.29) is 10.8 Å². The van der Waals surface area contributed by atoms with Crippen LogP contribution in [0, 0.1) is 12.7 Å². The Morgan fingerprint density at radius 1 is 1.26 bits per heavy atom. The van der Waals surface area contributed by atoms with Gasteiger partial charge in [0.25, 0.3) is 0 Å². The van der Waals surface area contributed by atoms with Gasteiger partial charge in [-0.1, -0.05) is 29.9 Å². The first-order valence-corrected chi connectivity index (χ1v) is 6.38. The zero-order valence-electron chi connectivity index (χ0n) is 10.2. The second kappa shape index (κ2) is 5.55. The van der Waals surface area contributed by atoms with Gasteiger partial charge >= 0.3 is 0 Å². The predicted molar refractivity (Wildman–Crippen MR) is 81.8 cm³/mol. The monoisotopic (exact) mass is 294 g/mol. The summed E-state index contributed by atoms with van der Waals surface area (Å²) in [7, 11) is 0. The molecule has 2 aromatic rings. The summed E-state index contributed by atoms with van der Waals surface area (Å²) in [6.45, 7) is 1.71. The Bertz CT molecular complexity index is 643. The molecule has 3 N–H and O–H groups in total. The molecule has 5 heteroatoms. The standard InChI is InChI=1S/C14H12ClFN2S/c1-8-2-4-10(7-12(8)16)18-13-5-3-9(14(17)19)6-11(13)15/h2-7,18H,1H3,(H2,17,19). The molecule has 0 atom stereocenters. The van der Waals surface area contributed by atoms with Gasteiger partial charge in [-0.25, -0.2) is 4.39 Å². The molecule has 0 aromatic heterocycles. The molecule has 0 unspecified atom stereocenters. The number of hydrogen-bond donors (Lipinski definition) is 2. The summed E-state index contributed by atoms with van der Waals surface area (Å²) in [4.78, 5) is 0.287. The molecule has 0 aliphatic carbocycles. The fourth-order valence-corrected chi connectivity index (χ4v) is 1.95. The van der Waals surface area contributed by atoms with Crippen molar-refractivity contribution in [1.82, 2.24) is 0 Å². The van der Waals surface area contributed by atoms with E-state index in [0.717, 1.165) is 0 Å². The van der Waals surface area contributed by atoms with Crippen molar-refractivity contribution >= 4 is 40.2 Å². The number of benzene rings is 2. The minimum Gasteiger partial charge on any atom is -0.389 e. The minimum atomic E-state index is -0.263. The van der Waals surface area contributed by atoms with Crippen LogP contribution in [0.4, 0.5) is 15.8 Å². The molecule has 2 nitrogen and oxygen atoms in total. The molecule has 98 valence electrons. The Hall–Kier alpha value is -1.65. The van der Waals surface area contributed by atoms with E-state index in [1.807, 2.05) is 0 Å². The average Bonchev–Trinajstić information content (AvgIpc) is 2.36. The van der Waals surface area contributed by atoms with Gasteiger partial charge in [0.15, 0.2) is 0 Å². The van der Waals surface area contributed by atoms with Crippen molar-refractivity contribution in [3.8, 4) is 0 Å². The van der Waals surface area contributed by atoms with Gasteiger partial charge in [-0.2, -0.15) is 0 Å². The van der Waals surface area contributed by atoms with Gasteiger partial charge < -0.3 is 11.1 Å². The van der Waals surface area contributed by atoms with Crippen LogP contribution >= 0.6 is 23.8 Å². The first kappa shape index (κ1) is 13.8. The predicted octanol–water partition coefficient (Wildman–Crippen LogP) is 4.17. The molecule has 0 saturated heterocycles. The molecular formula is C14H12ClFN2S. The lowest BCUT2D eigenvalue weighted by molar-refractivity contribution is 0.619. The summed E-state index contributed by atoms with van der Waals surface area (Å²) >= 11 is 11.0. The number of hydrogen-bond acceptors (Lipinski definition) is 2. The van der Waals surface area contributed by atoms with E-state index >= 15 is 0 Å². The van der Waals surface area contributed by atoms with Crippen LogP contribution in [0.5, 0.6) is 0 Å². The van der Waals surface area contributed by atoms with Crippen molar-refractivity contribution in [3.63, 3.8) is 0 Å². The molecule has 2 aromatic carbocycles. The number of thiocarbonyl (C=S) groups is 1. The van der Waals surface area contributed by atoms with Crippen LogP contribution < -0.4 is 11.1 Å². The molecule has 0 heterocycles. The highest BCUT2D eigenvalue weighted by atomic mass is 35.5. The Morgan fingerprint density at radius 3 is 2.58 bits per heavy atom. The maximum atomic E-state index is 13.4. The van der Waals surface area contributed by atoms with E-state index in [2.05, 4.69) is 5.32 Å². The average molecular weight is 295 g/mol. The molecule has 2 rings (SSSR count). The lowest BCUT2D eigenvalue weighted by Crippen LogP contribution is -2.09. The van der Waals surface area contributed by atoms with E-state index in [1.54, 1.807) is 37.3 Å². The first-order chi connectivity index (χ1) is 8.97. The van der Waals surface area contributed by atoms with Crippen molar-refractivity contribution in [2.75, 3.05) is 5.32 Å². The normalized spacial score (nSPS) is 10.3. The molecule has 0 radical (unpaired) electrons. The van der Waals surface area contributed by atoms with E-state index < -0.39 is 0 Å². The topological polar surface area (TPSA) is 38.0 Å². The van der Waals surface area contributed by atoms with Crippen molar-refractivity contribution < 1.29 is 4.39 Å². The molecule has 0 aliphatic rings. The molecular weight excluding hydrogens is 283 g/mol. The fourth-order valence-electron chi connectivity index (χ4n) is 1.60. The third-order valence-electron chi connectivity index (χ3n) is 2.70. The van der Waals surface area contributed by atoms with E-state index in [0.29, 0.717) is 27.5 Å². The summed E-state index contributed by atoms with van der Waals surface area (Å²) in [5.41, 5.74) is 8.12. The lowest BCUT2D eigenvalue weighted by Gasteiger charge is -2.10. The van der Waals surface area contributed by atoms with Gasteiger partial charge in [0.2, 0.25) is 0 Å². The zero-order valence-corrected chi connectivity index (χ0v) is 11.8. The highest BCUT2D eigenvalue weighted by Crippen LogP contribution is 2.27. The van der Waals surface area contributed by atoms with E-state index in [9.17, 15) is 4.39 Å². The fraction of sp³-hybridized carbons (Fsp3) is 0.0714. The summed E-state index contributed by atoms with van der Waals surface area (Å²) in [6, 6.07) is 10.1.